The summed E-state index contributed by atoms with van der Waals surface area (Å²) >= 11 is 17.5. The number of carbonyl (C=O) groups is 2. The lowest BCUT2D eigenvalue weighted by Gasteiger charge is -2.10. The van der Waals surface area contributed by atoms with Gasteiger partial charge in [-0.3, -0.25) is 0 Å². The maximum Gasteiger partial charge on any atom is 0.350 e. The fourth-order valence-electron chi connectivity index (χ4n) is 1.39. The highest BCUT2D eigenvalue weighted by atomic mass is 35.5. The topological polar surface area (TPSA) is 99.4 Å². The molecule has 0 saturated heterocycles. The lowest BCUT2D eigenvalue weighted by molar-refractivity contribution is -0.138. The maximum absolute atomic E-state index is 11.4. The average Bonchev–Trinajstić information content (AvgIpc) is 2.45. The van der Waals surface area contributed by atoms with Crippen molar-refractivity contribution < 1.29 is 19.4 Å². The van der Waals surface area contributed by atoms with Crippen LogP contribution >= 0.6 is 34.8 Å². The van der Waals surface area contributed by atoms with Gasteiger partial charge in [0.1, 0.15) is 11.6 Å². The molecule has 0 fully saturated rings. The van der Waals surface area contributed by atoms with Crippen LogP contribution in [0.25, 0.3) is 0 Å². The minimum atomic E-state index is -1.37. The normalized spacial score (nSPS) is 10.8. The van der Waals surface area contributed by atoms with Crippen LogP contribution in [0.1, 0.15) is 17.3 Å². The van der Waals surface area contributed by atoms with Gasteiger partial charge < -0.3 is 15.2 Å². The molecule has 0 atom stereocenters. The highest BCUT2D eigenvalue weighted by Gasteiger charge is 2.20. The van der Waals surface area contributed by atoms with Crippen molar-refractivity contribution >= 4 is 52.4 Å². The molecule has 0 amide bonds. The number of nitrogens with zero attached hydrogens (tertiary/aromatic N) is 1. The Bertz CT molecular complexity index is 696. The Labute approximate surface area is 140 Å². The number of hydrogen-bond acceptors (Lipinski definition) is 5. The van der Waals surface area contributed by atoms with E-state index in [0.29, 0.717) is 0 Å². The first-order valence-corrected chi connectivity index (χ1v) is 6.91. The van der Waals surface area contributed by atoms with E-state index >= 15 is 0 Å². The average molecular weight is 364 g/mol. The number of carboxylic acid groups (broad SMARTS) is 1. The number of nitriles is 1. The van der Waals surface area contributed by atoms with Gasteiger partial charge in [0.2, 0.25) is 0 Å². The number of esters is 1. The lowest BCUT2D eigenvalue weighted by atomic mass is 10.2. The third kappa shape index (κ3) is 4.04. The Morgan fingerprint density at radius 3 is 2.55 bits per heavy atom. The maximum atomic E-state index is 11.4. The molecular formula is C13H9Cl3N2O4. The zero-order chi connectivity index (χ0) is 16.9. The Kier molecular flexibility index (Phi) is 6.50. The molecule has 0 aliphatic rings. The number of ether oxygens (including phenoxy) is 1. The number of rotatable bonds is 5. The van der Waals surface area contributed by atoms with Gasteiger partial charge in [-0.2, -0.15) is 5.26 Å². The van der Waals surface area contributed by atoms with Crippen molar-refractivity contribution in [1.82, 2.24) is 0 Å². The first-order chi connectivity index (χ1) is 10.3. The van der Waals surface area contributed by atoms with E-state index in [2.05, 4.69) is 10.1 Å². The molecule has 0 aliphatic carbocycles. The van der Waals surface area contributed by atoms with Crippen LogP contribution in [0, 0.1) is 11.3 Å². The van der Waals surface area contributed by atoms with Crippen molar-refractivity contribution in [2.45, 2.75) is 6.92 Å². The largest absolute Gasteiger partial charge is 0.478 e. The smallest absolute Gasteiger partial charge is 0.350 e. The van der Waals surface area contributed by atoms with Gasteiger partial charge in [0.15, 0.2) is 5.57 Å². The van der Waals surface area contributed by atoms with Crippen LogP contribution in [0.5, 0.6) is 0 Å². The highest BCUT2D eigenvalue weighted by molar-refractivity contribution is 6.47. The number of anilines is 1. The number of benzene rings is 1. The molecule has 0 spiro atoms. The predicted molar refractivity (Wildman–Crippen MR) is 82.4 cm³/mol. The summed E-state index contributed by atoms with van der Waals surface area (Å²) in [6.45, 7) is 1.70. The number of halogens is 3. The molecule has 1 aromatic carbocycles. The first-order valence-electron chi connectivity index (χ1n) is 5.78. The van der Waals surface area contributed by atoms with Crippen molar-refractivity contribution in [3.63, 3.8) is 0 Å². The summed E-state index contributed by atoms with van der Waals surface area (Å²) in [5.41, 5.74) is -0.632. The van der Waals surface area contributed by atoms with Gasteiger partial charge in [-0.1, -0.05) is 34.8 Å². The molecule has 0 unspecified atom stereocenters. The molecule has 1 rings (SSSR count). The summed E-state index contributed by atoms with van der Waals surface area (Å²) in [5.74, 6) is -2.19. The monoisotopic (exact) mass is 362 g/mol. The molecule has 2 N–H and O–H groups in total. The van der Waals surface area contributed by atoms with Gasteiger partial charge in [-0.05, 0) is 13.0 Å². The molecule has 0 aromatic heterocycles. The Hall–Kier alpha value is -1.94. The van der Waals surface area contributed by atoms with Crippen LogP contribution in [0.4, 0.5) is 5.69 Å². The van der Waals surface area contributed by atoms with E-state index in [4.69, 9.17) is 45.2 Å². The van der Waals surface area contributed by atoms with Gasteiger partial charge >= 0.3 is 11.9 Å². The molecule has 0 aliphatic heterocycles. The summed E-state index contributed by atoms with van der Waals surface area (Å²) in [5, 5.41) is 20.0. The third-order valence-electron chi connectivity index (χ3n) is 2.36. The SMILES string of the molecule is CCOC(=O)C(C#N)=CNc1cc(Cl)c(Cl)c(C(=O)O)c1Cl. The van der Waals surface area contributed by atoms with Crippen molar-refractivity contribution in [3.05, 3.63) is 38.5 Å². The number of aromatic carboxylic acids is 1. The first kappa shape index (κ1) is 18.1. The highest BCUT2D eigenvalue weighted by Crippen LogP contribution is 2.37. The number of nitrogens with one attached hydrogen (secondary N) is 1. The van der Waals surface area contributed by atoms with Crippen LogP contribution < -0.4 is 5.32 Å². The fourth-order valence-corrected chi connectivity index (χ4v) is 2.16. The second-order valence-electron chi connectivity index (χ2n) is 3.75. The van der Waals surface area contributed by atoms with E-state index in [-0.39, 0.29) is 38.5 Å². The minimum absolute atomic E-state index is 0.0472. The summed E-state index contributed by atoms with van der Waals surface area (Å²) < 4.78 is 4.67. The zero-order valence-electron chi connectivity index (χ0n) is 11.1. The fraction of sp³-hybridized carbons (Fsp3) is 0.154. The van der Waals surface area contributed by atoms with E-state index in [1.807, 2.05) is 0 Å². The lowest BCUT2D eigenvalue weighted by Crippen LogP contribution is -2.08. The quantitative estimate of drug-likeness (QED) is 0.358. The van der Waals surface area contributed by atoms with Gasteiger partial charge in [0.05, 0.1) is 27.4 Å². The van der Waals surface area contributed by atoms with Crippen LogP contribution in [0.15, 0.2) is 17.8 Å². The number of carbonyl (C=O) groups excluding carboxylic acids is 1. The molecule has 1 aromatic rings. The van der Waals surface area contributed by atoms with E-state index in [1.54, 1.807) is 13.0 Å². The molecule has 9 heteroatoms. The van der Waals surface area contributed by atoms with Crippen molar-refractivity contribution in [2.24, 2.45) is 0 Å². The second-order valence-corrected chi connectivity index (χ2v) is 4.91. The summed E-state index contributed by atoms with van der Waals surface area (Å²) in [7, 11) is 0. The Morgan fingerprint density at radius 1 is 1.41 bits per heavy atom. The molecular weight excluding hydrogens is 355 g/mol. The summed E-state index contributed by atoms with van der Waals surface area (Å²) in [4.78, 5) is 22.6. The van der Waals surface area contributed by atoms with E-state index in [9.17, 15) is 9.59 Å². The standard InChI is InChI=1S/C13H9Cl3N2O4/c1-2-22-13(21)6(4-17)5-18-8-3-7(14)10(15)9(11(8)16)12(19)20/h3,5,18H,2H2,1H3,(H,19,20). The van der Waals surface area contributed by atoms with Gasteiger partial charge in [-0.25, -0.2) is 9.59 Å². The zero-order valence-corrected chi connectivity index (χ0v) is 13.4. The number of hydrogen-bond donors (Lipinski definition) is 2. The minimum Gasteiger partial charge on any atom is -0.478 e. The molecule has 6 nitrogen and oxygen atoms in total. The Balaban J connectivity index is 3.22. The van der Waals surface area contributed by atoms with Crippen molar-refractivity contribution in [1.29, 1.82) is 5.26 Å². The molecule has 0 saturated carbocycles. The van der Waals surface area contributed by atoms with Crippen molar-refractivity contribution in [3.8, 4) is 6.07 Å². The van der Waals surface area contributed by atoms with Gasteiger partial charge in [-0.15, -0.1) is 0 Å². The summed E-state index contributed by atoms with van der Waals surface area (Å²) in [6.07, 6.45) is 1.04. The molecule has 0 heterocycles. The predicted octanol–water partition coefficient (Wildman–Crippen LogP) is 3.73. The summed E-state index contributed by atoms with van der Waals surface area (Å²) in [6, 6.07) is 2.92. The van der Waals surface area contributed by atoms with Crippen LogP contribution in [-0.4, -0.2) is 23.7 Å². The van der Waals surface area contributed by atoms with Crippen LogP contribution in [0.2, 0.25) is 15.1 Å². The second kappa shape index (κ2) is 7.90. The van der Waals surface area contributed by atoms with Crippen LogP contribution in [0.3, 0.4) is 0 Å². The van der Waals surface area contributed by atoms with E-state index in [0.717, 1.165) is 6.20 Å². The van der Waals surface area contributed by atoms with Gasteiger partial charge in [0.25, 0.3) is 0 Å². The molecule has 0 bridgehead atoms. The number of carboxylic acids is 1. The van der Waals surface area contributed by atoms with Crippen molar-refractivity contribution in [2.75, 3.05) is 11.9 Å². The van der Waals surface area contributed by atoms with Crippen LogP contribution in [-0.2, 0) is 9.53 Å². The van der Waals surface area contributed by atoms with E-state index in [1.165, 1.54) is 6.07 Å². The molecule has 116 valence electrons. The molecule has 0 radical (unpaired) electrons. The molecule has 22 heavy (non-hydrogen) atoms. The van der Waals surface area contributed by atoms with E-state index < -0.39 is 11.9 Å². The Morgan fingerprint density at radius 2 is 2.05 bits per heavy atom. The third-order valence-corrected chi connectivity index (χ3v) is 3.54. The van der Waals surface area contributed by atoms with Gasteiger partial charge in [0, 0.05) is 6.20 Å².